The second-order valence-corrected chi connectivity index (χ2v) is 19.9. The van der Waals surface area contributed by atoms with Crippen molar-refractivity contribution in [1.29, 1.82) is 0 Å². The predicted octanol–water partition coefficient (Wildman–Crippen LogP) is 7.74. The van der Waals surface area contributed by atoms with Gasteiger partial charge in [-0.15, -0.1) is 11.3 Å². The molecule has 0 unspecified atom stereocenters. The Kier molecular flexibility index (Phi) is 17.9. The summed E-state index contributed by atoms with van der Waals surface area (Å²) in [5.41, 5.74) is 9.79. The maximum atomic E-state index is 13.3. The van der Waals surface area contributed by atoms with Crippen LogP contribution in [0, 0.1) is 42.2 Å². The Labute approximate surface area is 378 Å². The highest BCUT2D eigenvalue weighted by molar-refractivity contribution is 7.13. The second-order valence-electron chi connectivity index (χ2n) is 19.1. The molecular formula is C49H72F2N8O3S. The number of anilines is 1. The summed E-state index contributed by atoms with van der Waals surface area (Å²) in [7, 11) is 3.75. The maximum Gasteiger partial charge on any atom is 0.321 e. The van der Waals surface area contributed by atoms with Gasteiger partial charge in [-0.25, -0.2) is 18.6 Å². The molecule has 63 heavy (non-hydrogen) atoms. The number of rotatable bonds is 12. The number of nitrogens with one attached hydrogen (secondary N) is 2. The Balaban J connectivity index is 0.000000219. The zero-order chi connectivity index (χ0) is 45.0. The van der Waals surface area contributed by atoms with Crippen molar-refractivity contribution in [2.24, 2.45) is 29.4 Å². The number of nitrogens with two attached hydrogens (primary N) is 1. The molecule has 3 aromatic rings. The van der Waals surface area contributed by atoms with E-state index in [4.69, 9.17) is 5.73 Å². The zero-order valence-electron chi connectivity index (χ0n) is 38.2. The second kappa shape index (κ2) is 23.3. The number of carbonyl (C=O) groups is 3. The molecule has 2 saturated heterocycles. The highest BCUT2D eigenvalue weighted by atomic mass is 32.1. The normalized spacial score (nSPS) is 26.8. The van der Waals surface area contributed by atoms with Gasteiger partial charge in [-0.1, -0.05) is 24.3 Å². The number of hydrogen-bond donors (Lipinski definition) is 3. The molecule has 0 bridgehead atoms. The van der Waals surface area contributed by atoms with Crippen molar-refractivity contribution >= 4 is 34.3 Å². The van der Waals surface area contributed by atoms with Gasteiger partial charge in [0.25, 0.3) is 0 Å². The van der Waals surface area contributed by atoms with Crippen LogP contribution >= 0.6 is 11.3 Å². The quantitative estimate of drug-likeness (QED) is 0.170. The maximum absolute atomic E-state index is 13.3. The summed E-state index contributed by atoms with van der Waals surface area (Å²) in [6.07, 6.45) is 12.5. The average Bonchev–Trinajstić information content (AvgIpc) is 3.67. The number of carbonyl (C=O) groups excluding carboxylic acids is 3. The summed E-state index contributed by atoms with van der Waals surface area (Å²) in [5, 5.41) is 8.59. The van der Waals surface area contributed by atoms with E-state index >= 15 is 0 Å². The Morgan fingerprint density at radius 2 is 1.24 bits per heavy atom. The van der Waals surface area contributed by atoms with Gasteiger partial charge < -0.3 is 30.7 Å². The molecule has 2 aliphatic heterocycles. The van der Waals surface area contributed by atoms with E-state index in [1.54, 1.807) is 38.1 Å². The van der Waals surface area contributed by atoms with Crippen LogP contribution in [0.2, 0.25) is 0 Å². The summed E-state index contributed by atoms with van der Waals surface area (Å²) in [4.78, 5) is 49.6. The lowest BCUT2D eigenvalue weighted by molar-refractivity contribution is -0.131. The molecule has 7 rings (SSSR count). The lowest BCUT2D eigenvalue weighted by atomic mass is 9.80. The van der Waals surface area contributed by atoms with Crippen molar-refractivity contribution in [3.05, 3.63) is 82.4 Å². The summed E-state index contributed by atoms with van der Waals surface area (Å²) >= 11 is 1.42. The highest BCUT2D eigenvalue weighted by Gasteiger charge is 2.36. The van der Waals surface area contributed by atoms with Gasteiger partial charge in [0.05, 0.1) is 5.69 Å². The van der Waals surface area contributed by atoms with E-state index in [1.807, 2.05) is 60.5 Å². The molecule has 2 aromatic carbocycles. The summed E-state index contributed by atoms with van der Waals surface area (Å²) in [6, 6.07) is 14.1. The lowest BCUT2D eigenvalue weighted by Crippen LogP contribution is -2.54. The van der Waals surface area contributed by atoms with Gasteiger partial charge in [0, 0.05) is 83.7 Å². The monoisotopic (exact) mass is 891 g/mol. The Bertz CT molecular complexity index is 1920. The number of halogens is 2. The van der Waals surface area contributed by atoms with Crippen molar-refractivity contribution in [2.75, 3.05) is 58.7 Å². The fourth-order valence-corrected chi connectivity index (χ4v) is 11.2. The molecule has 8 atom stereocenters. The summed E-state index contributed by atoms with van der Waals surface area (Å²) in [6.45, 7) is 11.5. The molecule has 4 amide bonds. The van der Waals surface area contributed by atoms with Crippen molar-refractivity contribution < 1.29 is 23.2 Å². The van der Waals surface area contributed by atoms with Gasteiger partial charge in [0.15, 0.2) is 5.13 Å². The first-order valence-electron chi connectivity index (χ1n) is 23.3. The van der Waals surface area contributed by atoms with Crippen molar-refractivity contribution in [2.45, 2.75) is 122 Å². The van der Waals surface area contributed by atoms with Crippen LogP contribution in [-0.4, -0.2) is 120 Å². The molecule has 4 N–H and O–H groups in total. The third-order valence-corrected chi connectivity index (χ3v) is 15.2. The molecule has 2 aliphatic carbocycles. The number of aromatic nitrogens is 1. The lowest BCUT2D eigenvalue weighted by Gasteiger charge is -2.43. The largest absolute Gasteiger partial charge is 0.343 e. The topological polar surface area (TPSA) is 127 Å². The number of thiazole rings is 1. The van der Waals surface area contributed by atoms with Crippen molar-refractivity contribution in [1.82, 2.24) is 29.9 Å². The molecule has 4 aliphatic rings. The highest BCUT2D eigenvalue weighted by Crippen LogP contribution is 2.32. The third kappa shape index (κ3) is 14.8. The summed E-state index contributed by atoms with van der Waals surface area (Å²) < 4.78 is 26.4. The molecule has 11 nitrogen and oxygen atoms in total. The molecular weight excluding hydrogens is 819 g/mol. The molecule has 0 radical (unpaired) electrons. The molecule has 346 valence electrons. The van der Waals surface area contributed by atoms with E-state index in [1.165, 1.54) is 41.7 Å². The zero-order valence-corrected chi connectivity index (χ0v) is 39.1. The van der Waals surface area contributed by atoms with E-state index in [9.17, 15) is 23.2 Å². The van der Waals surface area contributed by atoms with Crippen molar-refractivity contribution in [3.8, 4) is 0 Å². The van der Waals surface area contributed by atoms with Gasteiger partial charge in [-0.2, -0.15) is 0 Å². The first kappa shape index (κ1) is 48.5. The van der Waals surface area contributed by atoms with Crippen LogP contribution in [0.5, 0.6) is 0 Å². The molecule has 1 aromatic heterocycles. The number of aryl methyl sites for hydroxylation is 1. The fourth-order valence-electron chi connectivity index (χ4n) is 10.5. The number of nitrogens with zero attached hydrogens (tertiary/aromatic N) is 5. The molecule has 14 heteroatoms. The molecule has 4 fully saturated rings. The number of likely N-dealkylation sites (tertiary alicyclic amines) is 2. The SMILES string of the molecule is CC(=O)N(C)[C@@H]1CC[C@@H](CN2CCC[C@@H](Cc3ccc(F)cc3)C2)[C@H](N)C1.CC(=O)N(C)[C@@H]1CC[C@@H](CN2CCC[C@@H](Cc3ccc(F)cc3)C2)[C@H](NC(=O)Nc2nc(C)cs2)C1. The van der Waals surface area contributed by atoms with E-state index in [0.29, 0.717) is 34.8 Å². The van der Waals surface area contributed by atoms with Crippen LogP contribution < -0.4 is 16.4 Å². The minimum absolute atomic E-state index is 0.0240. The minimum Gasteiger partial charge on any atom is -0.343 e. The smallest absolute Gasteiger partial charge is 0.321 e. The van der Waals surface area contributed by atoms with Crippen LogP contribution in [0.3, 0.4) is 0 Å². The van der Waals surface area contributed by atoms with Crippen LogP contribution in [0.1, 0.15) is 94.9 Å². The first-order valence-corrected chi connectivity index (χ1v) is 24.2. The Morgan fingerprint density at radius 3 is 1.71 bits per heavy atom. The first-order chi connectivity index (χ1) is 30.2. The van der Waals surface area contributed by atoms with Gasteiger partial charge in [0.1, 0.15) is 11.6 Å². The predicted molar refractivity (Wildman–Crippen MR) is 248 cm³/mol. The van der Waals surface area contributed by atoms with Crippen LogP contribution in [0.25, 0.3) is 0 Å². The standard InChI is InChI=1S/C27H38FN5O2S.C22H34FN3O/c1-18-17-36-27(29-18)31-26(35)30-25-14-24(32(3)19(2)34)11-8-22(25)16-33-12-4-5-21(15-33)13-20-6-9-23(28)10-7-20;1-16(27)25(2)21-10-7-19(22(24)13-21)15-26-11-3-4-18(14-26)12-17-5-8-20(23)9-6-17/h6-7,9-10,17,21-22,24-25H,4-5,8,11-16H2,1-3H3,(H2,29,30,31,35);5-6,8-9,18-19,21-22H,3-4,7,10-15,24H2,1-2H3/t21-,22-,24+,25+;18-,19-,21+,22+/m00/s1. The van der Waals surface area contributed by atoms with Crippen LogP contribution in [0.4, 0.5) is 18.7 Å². The van der Waals surface area contributed by atoms with E-state index in [0.717, 1.165) is 103 Å². The number of benzene rings is 2. The van der Waals surface area contributed by atoms with Crippen LogP contribution in [0.15, 0.2) is 53.9 Å². The van der Waals surface area contributed by atoms with Gasteiger partial charge in [-0.05, 0) is 156 Å². The van der Waals surface area contributed by atoms with E-state index in [-0.39, 0.29) is 47.6 Å². The third-order valence-electron chi connectivity index (χ3n) is 14.3. The average molecular weight is 891 g/mol. The molecule has 2 saturated carbocycles. The minimum atomic E-state index is -0.238. The van der Waals surface area contributed by atoms with Crippen LogP contribution in [-0.2, 0) is 22.4 Å². The number of amides is 4. The molecule has 0 spiro atoms. The number of piperidine rings is 2. The van der Waals surface area contributed by atoms with Gasteiger partial charge in [0.2, 0.25) is 11.8 Å². The van der Waals surface area contributed by atoms with E-state index < -0.39 is 0 Å². The summed E-state index contributed by atoms with van der Waals surface area (Å²) in [5.74, 6) is 1.85. The van der Waals surface area contributed by atoms with E-state index in [2.05, 4.69) is 25.4 Å². The van der Waals surface area contributed by atoms with Gasteiger partial charge in [-0.3, -0.25) is 14.9 Å². The number of hydrogen-bond acceptors (Lipinski definition) is 8. The fraction of sp³-hybridized carbons (Fsp3) is 0.633. The van der Waals surface area contributed by atoms with Crippen molar-refractivity contribution in [3.63, 3.8) is 0 Å². The number of urea groups is 1. The Hall–Kier alpha value is -3.98. The van der Waals surface area contributed by atoms with Gasteiger partial charge >= 0.3 is 6.03 Å². The Morgan fingerprint density at radius 1 is 0.746 bits per heavy atom. The molecule has 3 heterocycles.